The van der Waals surface area contributed by atoms with Gasteiger partial charge in [-0.2, -0.15) is 5.10 Å². The van der Waals surface area contributed by atoms with E-state index in [0.29, 0.717) is 11.8 Å². The van der Waals surface area contributed by atoms with Crippen LogP contribution in [0.1, 0.15) is 42.9 Å². The van der Waals surface area contributed by atoms with Gasteiger partial charge in [0, 0.05) is 11.5 Å². The topological polar surface area (TPSA) is 59.8 Å². The number of benzene rings is 1. The van der Waals surface area contributed by atoms with E-state index in [1.54, 1.807) is 6.20 Å². The van der Waals surface area contributed by atoms with Gasteiger partial charge in [0.25, 0.3) is 0 Å². The molecule has 1 fully saturated rings. The highest BCUT2D eigenvalue weighted by atomic mass is 32.2. The zero-order valence-corrected chi connectivity index (χ0v) is 16.6. The Morgan fingerprint density at radius 3 is 2.85 bits per heavy atom. The van der Waals surface area contributed by atoms with Crippen LogP contribution in [-0.2, 0) is 4.79 Å². The summed E-state index contributed by atoms with van der Waals surface area (Å²) in [5.41, 5.74) is 3.36. The predicted octanol–water partition coefficient (Wildman–Crippen LogP) is 4.89. The molecule has 5 nitrogen and oxygen atoms in total. The average molecular weight is 381 g/mol. The molecule has 0 spiro atoms. The lowest BCUT2D eigenvalue weighted by Gasteiger charge is -2.14. The Kier molecular flexibility index (Phi) is 5.16. The van der Waals surface area contributed by atoms with Crippen molar-refractivity contribution < 1.29 is 4.79 Å². The number of hydrogen-bond donors (Lipinski definition) is 1. The maximum atomic E-state index is 12.5. The van der Waals surface area contributed by atoms with Crippen LogP contribution in [0.5, 0.6) is 0 Å². The van der Waals surface area contributed by atoms with Crippen molar-refractivity contribution in [1.29, 1.82) is 0 Å². The van der Waals surface area contributed by atoms with E-state index in [4.69, 9.17) is 4.98 Å². The van der Waals surface area contributed by atoms with E-state index in [1.807, 2.05) is 10.7 Å². The van der Waals surface area contributed by atoms with Crippen LogP contribution in [0.3, 0.4) is 0 Å². The fourth-order valence-electron chi connectivity index (χ4n) is 3.78. The summed E-state index contributed by atoms with van der Waals surface area (Å²) in [6, 6.07) is 10.6. The van der Waals surface area contributed by atoms with Crippen LogP contribution in [0.4, 0.5) is 5.82 Å². The molecule has 1 aromatic carbocycles. The molecular formula is C21H24N4OS. The number of hydrogen-bond acceptors (Lipinski definition) is 4. The summed E-state index contributed by atoms with van der Waals surface area (Å²) in [6.07, 6.45) is 6.51. The summed E-state index contributed by atoms with van der Waals surface area (Å²) >= 11 is 1.47. The lowest BCUT2D eigenvalue weighted by atomic mass is 10.1. The number of nitrogens with one attached hydrogen (secondary N) is 1. The maximum absolute atomic E-state index is 12.5. The summed E-state index contributed by atoms with van der Waals surface area (Å²) < 4.78 is 1.97. The average Bonchev–Trinajstić information content (AvgIpc) is 3.32. The number of aryl methyl sites for hydroxylation is 2. The number of carbonyl (C=O) groups is 1. The quantitative estimate of drug-likeness (QED) is 0.640. The smallest absolute Gasteiger partial charge is 0.235 e. The van der Waals surface area contributed by atoms with Gasteiger partial charge in [-0.3, -0.25) is 4.79 Å². The van der Waals surface area contributed by atoms with Gasteiger partial charge in [0.2, 0.25) is 5.91 Å². The van der Waals surface area contributed by atoms with Crippen LogP contribution in [0.2, 0.25) is 0 Å². The lowest BCUT2D eigenvalue weighted by Crippen LogP contribution is -2.19. The van der Waals surface area contributed by atoms with Gasteiger partial charge in [0.1, 0.15) is 5.82 Å². The minimum absolute atomic E-state index is 0.0240. The molecule has 0 radical (unpaired) electrons. The van der Waals surface area contributed by atoms with Gasteiger partial charge in [-0.15, -0.1) is 0 Å². The molecule has 0 aliphatic heterocycles. The molecule has 0 atom stereocenters. The number of thioether (sulfide) groups is 1. The third-order valence-corrected chi connectivity index (χ3v) is 6.10. The van der Waals surface area contributed by atoms with Crippen LogP contribution in [-0.4, -0.2) is 26.4 Å². The molecule has 3 aromatic rings. The molecule has 1 N–H and O–H groups in total. The van der Waals surface area contributed by atoms with Gasteiger partial charge in [-0.05, 0) is 43.9 Å². The molecule has 6 heteroatoms. The molecule has 1 amide bonds. The molecule has 2 aromatic heterocycles. The Labute approximate surface area is 163 Å². The van der Waals surface area contributed by atoms with Gasteiger partial charge in [0.05, 0.1) is 28.5 Å². The minimum atomic E-state index is -0.0240. The number of aromatic nitrogens is 3. The summed E-state index contributed by atoms with van der Waals surface area (Å²) in [4.78, 5) is 17.2. The highest BCUT2D eigenvalue weighted by molar-refractivity contribution is 7.99. The second-order valence-corrected chi connectivity index (χ2v) is 8.18. The fraction of sp³-hybridized carbons (Fsp3) is 0.381. The Morgan fingerprint density at radius 2 is 2.04 bits per heavy atom. The Hall–Kier alpha value is -2.34. The normalized spacial score (nSPS) is 14.7. The van der Waals surface area contributed by atoms with Crippen LogP contribution >= 0.6 is 11.8 Å². The van der Waals surface area contributed by atoms with Crippen LogP contribution < -0.4 is 5.32 Å². The summed E-state index contributed by atoms with van der Waals surface area (Å²) in [5, 5.41) is 9.48. The van der Waals surface area contributed by atoms with Crippen LogP contribution in [0, 0.1) is 13.8 Å². The van der Waals surface area contributed by atoms with Crippen molar-refractivity contribution in [2.24, 2.45) is 0 Å². The third-order valence-electron chi connectivity index (χ3n) is 5.18. The first kappa shape index (κ1) is 18.0. The molecule has 27 heavy (non-hydrogen) atoms. The van der Waals surface area contributed by atoms with E-state index in [-0.39, 0.29) is 5.91 Å². The molecule has 0 saturated heterocycles. The molecule has 1 saturated carbocycles. The first-order chi connectivity index (χ1) is 13.1. The number of fused-ring (bicyclic) bond motifs is 1. The fourth-order valence-corrected chi connectivity index (χ4v) is 4.54. The number of carbonyl (C=O) groups excluding carboxylic acids is 1. The standard InChI is InChI=1S/C21H24N4OS/c1-14-6-5-9-17-15(2)12-20(24-21(14)17)27-13-19(26)23-18-10-11-22-25(18)16-7-3-4-8-16/h5-6,9-12,16H,3-4,7-8,13H2,1-2H3,(H,23,26). The van der Waals surface area contributed by atoms with Crippen molar-refractivity contribution in [2.45, 2.75) is 50.6 Å². The van der Waals surface area contributed by atoms with Crippen molar-refractivity contribution >= 4 is 34.4 Å². The number of pyridine rings is 1. The van der Waals surface area contributed by atoms with Crippen LogP contribution in [0.25, 0.3) is 10.9 Å². The highest BCUT2D eigenvalue weighted by Crippen LogP contribution is 2.31. The lowest BCUT2D eigenvalue weighted by molar-refractivity contribution is -0.113. The summed E-state index contributed by atoms with van der Waals surface area (Å²) in [5.74, 6) is 1.11. The molecular weight excluding hydrogens is 356 g/mol. The van der Waals surface area contributed by atoms with Gasteiger partial charge in [-0.1, -0.05) is 42.8 Å². The number of amides is 1. The van der Waals surface area contributed by atoms with Crippen molar-refractivity contribution in [1.82, 2.24) is 14.8 Å². The SMILES string of the molecule is Cc1cc(SCC(=O)Nc2ccnn2C2CCCC2)nc2c(C)cccc12. The Bertz CT molecular complexity index is 975. The molecule has 1 aliphatic rings. The number of rotatable bonds is 5. The van der Waals surface area contributed by atoms with E-state index >= 15 is 0 Å². The second kappa shape index (κ2) is 7.72. The van der Waals surface area contributed by atoms with Gasteiger partial charge in [-0.25, -0.2) is 9.67 Å². The van der Waals surface area contributed by atoms with E-state index in [2.05, 4.69) is 48.5 Å². The highest BCUT2D eigenvalue weighted by Gasteiger charge is 2.20. The van der Waals surface area contributed by atoms with E-state index in [1.165, 1.54) is 35.6 Å². The molecule has 2 heterocycles. The van der Waals surface area contributed by atoms with E-state index < -0.39 is 0 Å². The van der Waals surface area contributed by atoms with Crippen molar-refractivity contribution in [2.75, 3.05) is 11.1 Å². The predicted molar refractivity (Wildman–Crippen MR) is 110 cm³/mol. The summed E-state index contributed by atoms with van der Waals surface area (Å²) in [7, 11) is 0. The molecule has 0 bridgehead atoms. The van der Waals surface area contributed by atoms with Crippen molar-refractivity contribution in [3.05, 3.63) is 47.7 Å². The molecule has 1 aliphatic carbocycles. The van der Waals surface area contributed by atoms with Crippen molar-refractivity contribution in [3.63, 3.8) is 0 Å². The monoisotopic (exact) mass is 380 g/mol. The molecule has 4 rings (SSSR count). The van der Waals surface area contributed by atoms with Crippen LogP contribution in [0.15, 0.2) is 41.6 Å². The summed E-state index contributed by atoms with van der Waals surface area (Å²) in [6.45, 7) is 4.16. The largest absolute Gasteiger partial charge is 0.310 e. The number of nitrogens with zero attached hydrogens (tertiary/aromatic N) is 3. The third kappa shape index (κ3) is 3.86. The first-order valence-corrected chi connectivity index (χ1v) is 10.4. The second-order valence-electron chi connectivity index (χ2n) is 7.18. The zero-order valence-electron chi connectivity index (χ0n) is 15.7. The first-order valence-electron chi connectivity index (χ1n) is 9.45. The maximum Gasteiger partial charge on any atom is 0.235 e. The van der Waals surface area contributed by atoms with E-state index in [0.717, 1.165) is 34.8 Å². The van der Waals surface area contributed by atoms with E-state index in [9.17, 15) is 4.79 Å². The Balaban J connectivity index is 1.43. The minimum Gasteiger partial charge on any atom is -0.310 e. The molecule has 0 unspecified atom stereocenters. The van der Waals surface area contributed by atoms with Crippen molar-refractivity contribution in [3.8, 4) is 0 Å². The van der Waals surface area contributed by atoms with Gasteiger partial charge in [0.15, 0.2) is 0 Å². The number of para-hydroxylation sites is 1. The zero-order chi connectivity index (χ0) is 18.8. The van der Waals surface area contributed by atoms with Gasteiger partial charge < -0.3 is 5.32 Å². The van der Waals surface area contributed by atoms with Gasteiger partial charge >= 0.3 is 0 Å². The Morgan fingerprint density at radius 1 is 1.22 bits per heavy atom. The molecule has 140 valence electrons. The number of anilines is 1.